The van der Waals surface area contributed by atoms with Crippen LogP contribution in [-0.4, -0.2) is 49.7 Å². The molecule has 0 amide bonds. The maximum absolute atomic E-state index is 5.75. The van der Waals surface area contributed by atoms with Crippen molar-refractivity contribution in [2.24, 2.45) is 0 Å². The molecule has 1 unspecified atom stereocenters. The molecule has 1 fully saturated rings. The van der Waals surface area contributed by atoms with Gasteiger partial charge >= 0.3 is 0 Å². The van der Waals surface area contributed by atoms with E-state index in [0.717, 1.165) is 26.2 Å². The van der Waals surface area contributed by atoms with Crippen LogP contribution >= 0.6 is 11.6 Å². The standard InChI is InChI=1S/C8H18ClN3/c1-8(9)11-4-7-12-5-2-10-3-6-12/h8,10-11H,2-7H2,1H3. The first-order valence-corrected chi connectivity index (χ1v) is 5.03. The summed E-state index contributed by atoms with van der Waals surface area (Å²) in [7, 11) is 0. The minimum Gasteiger partial charge on any atom is -0.314 e. The largest absolute Gasteiger partial charge is 0.314 e. The zero-order chi connectivity index (χ0) is 8.81. The third-order valence-corrected chi connectivity index (χ3v) is 2.22. The van der Waals surface area contributed by atoms with Gasteiger partial charge in [0.05, 0.1) is 5.50 Å². The number of hydrogen-bond donors (Lipinski definition) is 2. The summed E-state index contributed by atoms with van der Waals surface area (Å²) in [6.45, 7) is 8.63. The topological polar surface area (TPSA) is 27.3 Å². The van der Waals surface area contributed by atoms with Crippen molar-refractivity contribution >= 4 is 11.6 Å². The molecule has 4 heteroatoms. The maximum atomic E-state index is 5.75. The second-order valence-corrected chi connectivity index (χ2v) is 3.82. The van der Waals surface area contributed by atoms with Crippen molar-refractivity contribution in [2.45, 2.75) is 12.4 Å². The summed E-state index contributed by atoms with van der Waals surface area (Å²) in [4.78, 5) is 2.45. The van der Waals surface area contributed by atoms with Gasteiger partial charge in [-0.25, -0.2) is 0 Å². The molecule has 1 aliphatic rings. The summed E-state index contributed by atoms with van der Waals surface area (Å²) in [5.41, 5.74) is 0.0907. The highest BCUT2D eigenvalue weighted by Crippen LogP contribution is 1.91. The van der Waals surface area contributed by atoms with Crippen LogP contribution in [0.15, 0.2) is 0 Å². The minimum absolute atomic E-state index is 0.0907. The summed E-state index contributed by atoms with van der Waals surface area (Å²) in [6.07, 6.45) is 0. The van der Waals surface area contributed by atoms with Crippen LogP contribution < -0.4 is 10.6 Å². The van der Waals surface area contributed by atoms with Crippen molar-refractivity contribution in [1.29, 1.82) is 0 Å². The van der Waals surface area contributed by atoms with Crippen molar-refractivity contribution in [2.75, 3.05) is 39.3 Å². The molecule has 1 aliphatic heterocycles. The molecule has 0 spiro atoms. The van der Waals surface area contributed by atoms with Crippen molar-refractivity contribution in [3.63, 3.8) is 0 Å². The van der Waals surface area contributed by atoms with Crippen LogP contribution in [0.5, 0.6) is 0 Å². The molecular formula is C8H18ClN3. The number of nitrogens with zero attached hydrogens (tertiary/aromatic N) is 1. The van der Waals surface area contributed by atoms with Gasteiger partial charge in [0.15, 0.2) is 0 Å². The van der Waals surface area contributed by atoms with E-state index >= 15 is 0 Å². The lowest BCUT2D eigenvalue weighted by atomic mass is 10.3. The Hall–Kier alpha value is 0.170. The van der Waals surface area contributed by atoms with Gasteiger partial charge in [-0.2, -0.15) is 0 Å². The van der Waals surface area contributed by atoms with E-state index in [4.69, 9.17) is 11.6 Å². The number of piperazine rings is 1. The molecule has 12 heavy (non-hydrogen) atoms. The van der Waals surface area contributed by atoms with Gasteiger partial charge < -0.3 is 10.6 Å². The van der Waals surface area contributed by atoms with E-state index in [1.165, 1.54) is 13.1 Å². The first-order chi connectivity index (χ1) is 5.79. The highest BCUT2D eigenvalue weighted by Gasteiger charge is 2.08. The predicted molar refractivity (Wildman–Crippen MR) is 52.6 cm³/mol. The average Bonchev–Trinajstić information content (AvgIpc) is 2.05. The van der Waals surface area contributed by atoms with Crippen LogP contribution in [-0.2, 0) is 0 Å². The van der Waals surface area contributed by atoms with E-state index in [2.05, 4.69) is 15.5 Å². The summed E-state index contributed by atoms with van der Waals surface area (Å²) in [5.74, 6) is 0. The number of alkyl halides is 1. The summed E-state index contributed by atoms with van der Waals surface area (Å²) < 4.78 is 0. The highest BCUT2D eigenvalue weighted by atomic mass is 35.5. The maximum Gasteiger partial charge on any atom is 0.0797 e. The summed E-state index contributed by atoms with van der Waals surface area (Å²) in [5, 5.41) is 6.52. The Balaban J connectivity index is 1.98. The van der Waals surface area contributed by atoms with E-state index in [9.17, 15) is 0 Å². The predicted octanol–water partition coefficient (Wildman–Crippen LogP) is 0.0660. The smallest absolute Gasteiger partial charge is 0.0797 e. The van der Waals surface area contributed by atoms with E-state index in [1.54, 1.807) is 0 Å². The van der Waals surface area contributed by atoms with E-state index in [-0.39, 0.29) is 5.50 Å². The molecule has 0 aromatic carbocycles. The summed E-state index contributed by atoms with van der Waals surface area (Å²) >= 11 is 5.75. The molecule has 0 aromatic heterocycles. The highest BCUT2D eigenvalue weighted by molar-refractivity contribution is 6.20. The van der Waals surface area contributed by atoms with E-state index in [1.807, 2.05) is 6.92 Å². The Kier molecular flexibility index (Phi) is 4.92. The fourth-order valence-electron chi connectivity index (χ4n) is 1.36. The third kappa shape index (κ3) is 4.26. The molecule has 0 aromatic rings. The van der Waals surface area contributed by atoms with Gasteiger partial charge in [0, 0.05) is 39.3 Å². The molecular weight excluding hydrogens is 174 g/mol. The number of hydrogen-bond acceptors (Lipinski definition) is 3. The van der Waals surface area contributed by atoms with Crippen LogP contribution in [0.4, 0.5) is 0 Å². The molecule has 0 saturated carbocycles. The van der Waals surface area contributed by atoms with E-state index in [0.29, 0.717) is 0 Å². The van der Waals surface area contributed by atoms with Gasteiger partial charge in [-0.3, -0.25) is 4.90 Å². The van der Waals surface area contributed by atoms with Gasteiger partial charge in [0.2, 0.25) is 0 Å². The molecule has 1 heterocycles. The molecule has 72 valence electrons. The molecule has 0 bridgehead atoms. The first-order valence-electron chi connectivity index (χ1n) is 4.59. The Bertz CT molecular complexity index is 113. The fraction of sp³-hybridized carbons (Fsp3) is 1.00. The van der Waals surface area contributed by atoms with Crippen molar-refractivity contribution in [3.8, 4) is 0 Å². The quantitative estimate of drug-likeness (QED) is 0.487. The van der Waals surface area contributed by atoms with Gasteiger partial charge in [-0.1, -0.05) is 0 Å². The lowest BCUT2D eigenvalue weighted by Gasteiger charge is -2.27. The van der Waals surface area contributed by atoms with Crippen LogP contribution in [0, 0.1) is 0 Å². The van der Waals surface area contributed by atoms with Crippen molar-refractivity contribution < 1.29 is 0 Å². The molecule has 1 atom stereocenters. The van der Waals surface area contributed by atoms with Gasteiger partial charge in [0.25, 0.3) is 0 Å². The van der Waals surface area contributed by atoms with Gasteiger partial charge in [-0.15, -0.1) is 11.6 Å². The van der Waals surface area contributed by atoms with Gasteiger partial charge in [0.1, 0.15) is 0 Å². The Morgan fingerprint density at radius 2 is 2.17 bits per heavy atom. The first kappa shape index (κ1) is 10.3. The second kappa shape index (κ2) is 5.75. The number of rotatable bonds is 4. The van der Waals surface area contributed by atoms with Crippen LogP contribution in [0.1, 0.15) is 6.92 Å². The molecule has 1 rings (SSSR count). The average molecular weight is 192 g/mol. The van der Waals surface area contributed by atoms with Crippen molar-refractivity contribution in [3.05, 3.63) is 0 Å². The Labute approximate surface area is 79.5 Å². The molecule has 2 N–H and O–H groups in total. The molecule has 3 nitrogen and oxygen atoms in total. The normalized spacial score (nSPS) is 22.5. The zero-order valence-corrected chi connectivity index (χ0v) is 8.40. The lowest BCUT2D eigenvalue weighted by molar-refractivity contribution is 0.241. The monoisotopic (exact) mass is 191 g/mol. The summed E-state index contributed by atoms with van der Waals surface area (Å²) in [6, 6.07) is 0. The van der Waals surface area contributed by atoms with Crippen molar-refractivity contribution in [1.82, 2.24) is 15.5 Å². The Morgan fingerprint density at radius 3 is 2.75 bits per heavy atom. The fourth-order valence-corrected chi connectivity index (χ4v) is 1.47. The zero-order valence-electron chi connectivity index (χ0n) is 7.65. The molecule has 1 saturated heterocycles. The SMILES string of the molecule is CC(Cl)NCCN1CCNCC1. The molecule has 0 radical (unpaired) electrons. The third-order valence-electron chi connectivity index (χ3n) is 2.06. The Morgan fingerprint density at radius 1 is 1.50 bits per heavy atom. The van der Waals surface area contributed by atoms with Crippen LogP contribution in [0.25, 0.3) is 0 Å². The number of halogens is 1. The minimum atomic E-state index is 0.0907. The van der Waals surface area contributed by atoms with Crippen LogP contribution in [0.2, 0.25) is 0 Å². The number of nitrogens with one attached hydrogen (secondary N) is 2. The lowest BCUT2D eigenvalue weighted by Crippen LogP contribution is -2.46. The van der Waals surface area contributed by atoms with Gasteiger partial charge in [-0.05, 0) is 6.92 Å². The second-order valence-electron chi connectivity index (χ2n) is 3.16. The molecule has 0 aliphatic carbocycles. The van der Waals surface area contributed by atoms with Crippen LogP contribution in [0.3, 0.4) is 0 Å². The van der Waals surface area contributed by atoms with E-state index < -0.39 is 0 Å².